The Kier molecular flexibility index (Phi) is 2.24. The van der Waals surface area contributed by atoms with Crippen LogP contribution in [0.1, 0.15) is 11.1 Å². The largest absolute Gasteiger partial charge is 0.456 e. The molecule has 3 aromatic heterocycles. The Morgan fingerprint density at radius 3 is 2.65 bits per heavy atom. The van der Waals surface area contributed by atoms with Crippen molar-refractivity contribution in [3.8, 4) is 22.8 Å². The van der Waals surface area contributed by atoms with Crippen LogP contribution in [0.3, 0.4) is 0 Å². The molecule has 3 aliphatic rings. The fourth-order valence-corrected chi connectivity index (χ4v) is 7.34. The van der Waals surface area contributed by atoms with Crippen molar-refractivity contribution in [3.63, 3.8) is 0 Å². The molecule has 3 aliphatic heterocycles. The lowest BCUT2D eigenvalue weighted by Gasteiger charge is -2.25. The minimum atomic E-state index is -0.457. The Morgan fingerprint density at radius 2 is 1.65 bits per heavy atom. The molecule has 0 saturated carbocycles. The predicted octanol–water partition coefficient (Wildman–Crippen LogP) is 5.48. The van der Waals surface area contributed by atoms with Crippen LogP contribution in [0, 0.1) is 0 Å². The van der Waals surface area contributed by atoms with Crippen LogP contribution in [0.25, 0.3) is 43.0 Å². The van der Waals surface area contributed by atoms with Gasteiger partial charge in [-0.25, -0.2) is 0 Å². The summed E-state index contributed by atoms with van der Waals surface area (Å²) in [5.41, 5.74) is 5.84. The molecule has 0 bridgehead atoms. The lowest BCUT2D eigenvalue weighted by molar-refractivity contribution is -0.950. The molecule has 3 nitrogen and oxygen atoms in total. The van der Waals surface area contributed by atoms with Crippen molar-refractivity contribution in [1.29, 1.82) is 0 Å². The van der Waals surface area contributed by atoms with Gasteiger partial charge < -0.3 is 4.74 Å². The number of hydrogen-bond donors (Lipinski definition) is 0. The highest BCUT2D eigenvalue weighted by Crippen LogP contribution is 2.57. The lowest BCUT2D eigenvalue weighted by atomic mass is 9.86. The van der Waals surface area contributed by atoms with E-state index in [0.717, 1.165) is 11.5 Å². The second kappa shape index (κ2) is 4.61. The average Bonchev–Trinajstić information content (AvgIpc) is 3.50. The summed E-state index contributed by atoms with van der Waals surface area (Å²) in [6, 6.07) is 24.1. The second-order valence-electron chi connectivity index (χ2n) is 8.57. The summed E-state index contributed by atoms with van der Waals surface area (Å²) in [6.07, 6.45) is 4.49. The van der Waals surface area contributed by atoms with E-state index in [2.05, 4.69) is 93.6 Å². The zero-order valence-corrected chi connectivity index (χ0v) is 17.1. The van der Waals surface area contributed by atoms with Gasteiger partial charge in [0.1, 0.15) is 11.5 Å². The SMILES string of the molecule is c1cc2c3c(c1)-c1cccc[n+]1C31c3c(ccc4c5ccsc5c5ccc[n+]1c5c34)O2. The Morgan fingerprint density at radius 1 is 0.710 bits per heavy atom. The summed E-state index contributed by atoms with van der Waals surface area (Å²) < 4.78 is 12.9. The molecule has 0 N–H and O–H groups in total. The third-order valence-corrected chi connectivity index (χ3v) is 8.32. The summed E-state index contributed by atoms with van der Waals surface area (Å²) in [6.45, 7) is 0. The minimum absolute atomic E-state index is 0.457. The molecule has 1 unspecified atom stereocenters. The van der Waals surface area contributed by atoms with Gasteiger partial charge in [0.15, 0.2) is 23.5 Å². The average molecular weight is 414 g/mol. The van der Waals surface area contributed by atoms with Gasteiger partial charge in [0, 0.05) is 28.3 Å². The normalized spacial score (nSPS) is 18.7. The smallest absolute Gasteiger partial charge is 0.425 e. The molecule has 0 fully saturated rings. The van der Waals surface area contributed by atoms with Gasteiger partial charge in [0.2, 0.25) is 11.2 Å². The number of rotatable bonds is 0. The van der Waals surface area contributed by atoms with Crippen molar-refractivity contribution in [2.75, 3.05) is 0 Å². The zero-order chi connectivity index (χ0) is 19.9. The van der Waals surface area contributed by atoms with Gasteiger partial charge in [0.25, 0.3) is 0 Å². The van der Waals surface area contributed by atoms with Crippen LogP contribution in [0.4, 0.5) is 0 Å². The van der Waals surface area contributed by atoms with Crippen LogP contribution < -0.4 is 13.9 Å². The van der Waals surface area contributed by atoms with E-state index in [-0.39, 0.29) is 0 Å². The highest BCUT2D eigenvalue weighted by atomic mass is 32.1. The summed E-state index contributed by atoms with van der Waals surface area (Å²) in [7, 11) is 0. The van der Waals surface area contributed by atoms with E-state index >= 15 is 0 Å². The molecule has 6 aromatic rings. The van der Waals surface area contributed by atoms with Crippen LogP contribution in [-0.4, -0.2) is 0 Å². The third-order valence-electron chi connectivity index (χ3n) is 7.37. The summed E-state index contributed by atoms with van der Waals surface area (Å²) >= 11 is 1.83. The van der Waals surface area contributed by atoms with E-state index < -0.39 is 5.66 Å². The highest BCUT2D eigenvalue weighted by Gasteiger charge is 2.70. The first kappa shape index (κ1) is 15.1. The summed E-state index contributed by atoms with van der Waals surface area (Å²) in [4.78, 5) is 0. The Balaban J connectivity index is 1.67. The number of nitrogens with zero attached hydrogens (tertiary/aromatic N) is 2. The van der Waals surface area contributed by atoms with Crippen LogP contribution in [0.15, 0.2) is 84.5 Å². The van der Waals surface area contributed by atoms with Gasteiger partial charge in [-0.2, -0.15) is 0 Å². The molecular weight excluding hydrogens is 400 g/mol. The molecule has 3 aromatic carbocycles. The Hall–Kier alpha value is -3.76. The molecule has 0 aliphatic carbocycles. The van der Waals surface area contributed by atoms with E-state index in [1.54, 1.807) is 0 Å². The minimum Gasteiger partial charge on any atom is -0.456 e. The first-order valence-electron chi connectivity index (χ1n) is 10.5. The number of hydrogen-bond acceptors (Lipinski definition) is 2. The standard InChI is InChI=1S/C27H14N2OS/c1-2-12-28-19(7-1)17-5-3-8-20-23(17)27(28)24-21(30-20)10-9-15-16-11-14-31-26(16)18-6-4-13-29(27)25(18)22(15)24/h1-14H/q+2. The number of benzene rings is 3. The van der Waals surface area contributed by atoms with E-state index in [4.69, 9.17) is 4.74 Å². The van der Waals surface area contributed by atoms with Crippen molar-refractivity contribution >= 4 is 43.1 Å². The van der Waals surface area contributed by atoms with E-state index in [0.29, 0.717) is 0 Å². The quantitative estimate of drug-likeness (QED) is 0.237. The molecular formula is C27H14N2OS+2. The molecule has 142 valence electrons. The summed E-state index contributed by atoms with van der Waals surface area (Å²) in [5.74, 6) is 1.91. The number of ether oxygens (including phenoxy) is 1. The fraction of sp³-hybridized carbons (Fsp3) is 0.0370. The molecule has 0 amide bonds. The van der Waals surface area contributed by atoms with E-state index in [9.17, 15) is 0 Å². The number of thiophene rings is 1. The molecule has 1 spiro atoms. The van der Waals surface area contributed by atoms with Gasteiger partial charge in [-0.05, 0) is 53.2 Å². The maximum Gasteiger partial charge on any atom is 0.425 e. The Bertz CT molecular complexity index is 1830. The van der Waals surface area contributed by atoms with Gasteiger partial charge >= 0.3 is 5.66 Å². The van der Waals surface area contributed by atoms with E-state index in [1.165, 1.54) is 54.1 Å². The predicted molar refractivity (Wildman–Crippen MR) is 121 cm³/mol. The molecule has 4 heteroatoms. The van der Waals surface area contributed by atoms with Gasteiger partial charge in [0.05, 0.1) is 16.3 Å². The number of aromatic nitrogens is 2. The topological polar surface area (TPSA) is 17.0 Å². The van der Waals surface area contributed by atoms with Crippen LogP contribution >= 0.6 is 11.3 Å². The molecule has 9 rings (SSSR count). The zero-order valence-electron chi connectivity index (χ0n) is 16.3. The van der Waals surface area contributed by atoms with Crippen LogP contribution in [-0.2, 0) is 5.66 Å². The molecule has 6 heterocycles. The van der Waals surface area contributed by atoms with Gasteiger partial charge in [-0.15, -0.1) is 20.5 Å². The van der Waals surface area contributed by atoms with Gasteiger partial charge in [-0.1, -0.05) is 6.07 Å². The maximum absolute atomic E-state index is 6.58. The van der Waals surface area contributed by atoms with Crippen LogP contribution in [0.5, 0.6) is 11.5 Å². The first-order valence-corrected chi connectivity index (χ1v) is 11.4. The number of fused-ring (bicyclic) bond motifs is 5. The van der Waals surface area contributed by atoms with Crippen molar-refractivity contribution in [2.45, 2.75) is 5.66 Å². The molecule has 0 saturated heterocycles. The maximum atomic E-state index is 6.58. The van der Waals surface area contributed by atoms with Crippen molar-refractivity contribution in [2.24, 2.45) is 0 Å². The molecule has 1 atom stereocenters. The fourth-order valence-electron chi connectivity index (χ4n) is 6.41. The first-order chi connectivity index (χ1) is 15.4. The summed E-state index contributed by atoms with van der Waals surface area (Å²) in [5, 5.41) is 7.50. The third kappa shape index (κ3) is 1.37. The lowest BCUT2D eigenvalue weighted by Crippen LogP contribution is -2.71. The molecule has 0 radical (unpaired) electrons. The van der Waals surface area contributed by atoms with Crippen molar-refractivity contribution < 1.29 is 13.9 Å². The van der Waals surface area contributed by atoms with Gasteiger partial charge in [-0.3, -0.25) is 0 Å². The van der Waals surface area contributed by atoms with Crippen molar-refractivity contribution in [1.82, 2.24) is 0 Å². The van der Waals surface area contributed by atoms with Crippen molar-refractivity contribution in [3.05, 3.63) is 95.6 Å². The monoisotopic (exact) mass is 414 g/mol. The van der Waals surface area contributed by atoms with Crippen LogP contribution in [0.2, 0.25) is 0 Å². The Labute approximate surface area is 181 Å². The second-order valence-corrected chi connectivity index (χ2v) is 9.49. The highest BCUT2D eigenvalue weighted by molar-refractivity contribution is 7.18. The number of pyridine rings is 2. The van der Waals surface area contributed by atoms with E-state index in [1.807, 2.05) is 11.3 Å². The molecule has 31 heavy (non-hydrogen) atoms.